The van der Waals surface area contributed by atoms with Crippen molar-refractivity contribution in [2.24, 2.45) is 0 Å². The molecule has 3 rings (SSSR count). The van der Waals surface area contributed by atoms with Gasteiger partial charge in [0.15, 0.2) is 17.3 Å². The minimum atomic E-state index is -0.292. The zero-order chi connectivity index (χ0) is 18.5. The molecule has 0 aliphatic carbocycles. The molecule has 0 unspecified atom stereocenters. The van der Waals surface area contributed by atoms with Crippen LogP contribution in [0.5, 0.6) is 11.5 Å². The topological polar surface area (TPSA) is 73.3 Å². The lowest BCUT2D eigenvalue weighted by atomic mass is 10.2. The van der Waals surface area contributed by atoms with Gasteiger partial charge in [0, 0.05) is 27.7 Å². The fraction of sp³-hybridized carbons (Fsp3) is 0.167. The predicted molar refractivity (Wildman–Crippen MR) is 102 cm³/mol. The van der Waals surface area contributed by atoms with Crippen molar-refractivity contribution >= 4 is 34.2 Å². The van der Waals surface area contributed by atoms with Crippen LogP contribution in [0, 0.1) is 0 Å². The number of benzene rings is 2. The zero-order valence-electron chi connectivity index (χ0n) is 14.2. The highest BCUT2D eigenvalue weighted by Crippen LogP contribution is 2.32. The Morgan fingerprint density at radius 3 is 2.81 bits per heavy atom. The van der Waals surface area contributed by atoms with Crippen LogP contribution in [0.25, 0.3) is 11.4 Å². The molecule has 26 heavy (non-hydrogen) atoms. The number of halogens is 1. The summed E-state index contributed by atoms with van der Waals surface area (Å²) in [6, 6.07) is 12.2. The fourth-order valence-corrected chi connectivity index (χ4v) is 3.05. The number of methoxy groups -OCH3 is 1. The first-order valence-corrected chi connectivity index (χ1v) is 8.97. The molecule has 134 valence electrons. The van der Waals surface area contributed by atoms with E-state index < -0.39 is 0 Å². The summed E-state index contributed by atoms with van der Waals surface area (Å²) in [7, 11) is 1.58. The molecule has 0 aliphatic heterocycles. The Morgan fingerprint density at radius 2 is 2.08 bits per heavy atom. The highest BCUT2D eigenvalue weighted by Gasteiger charge is 2.13. The lowest BCUT2D eigenvalue weighted by molar-refractivity contribution is 0.102. The summed E-state index contributed by atoms with van der Waals surface area (Å²) in [5, 5.41) is 3.63. The number of carbonyl (C=O) groups excluding carboxylic acids is 1. The number of nitrogens with zero attached hydrogens (tertiary/aromatic N) is 2. The Hall–Kier alpha value is -2.64. The largest absolute Gasteiger partial charge is 0.493 e. The average molecular weight is 390 g/mol. The summed E-state index contributed by atoms with van der Waals surface area (Å²) < 4.78 is 15.1. The molecule has 0 atom stereocenters. The van der Waals surface area contributed by atoms with Gasteiger partial charge in [-0.05, 0) is 43.3 Å². The summed E-state index contributed by atoms with van der Waals surface area (Å²) >= 11 is 7.01. The monoisotopic (exact) mass is 389 g/mol. The van der Waals surface area contributed by atoms with Crippen LogP contribution in [-0.4, -0.2) is 29.0 Å². The standard InChI is InChI=1S/C18H16ClN3O3S/c1-3-25-14-8-7-11(10-15(14)24-2)16-20-18(26-22-16)21-17(23)12-5-4-6-13(19)9-12/h4-10H,3H2,1-2H3,(H,20,21,22,23). The lowest BCUT2D eigenvalue weighted by Crippen LogP contribution is -2.11. The highest BCUT2D eigenvalue weighted by atomic mass is 35.5. The molecule has 1 amide bonds. The first kappa shape index (κ1) is 18.2. The summed E-state index contributed by atoms with van der Waals surface area (Å²) in [4.78, 5) is 16.6. The molecule has 2 aromatic carbocycles. The van der Waals surface area contributed by atoms with E-state index in [2.05, 4.69) is 14.7 Å². The number of ether oxygens (including phenoxy) is 2. The van der Waals surface area contributed by atoms with Crippen molar-refractivity contribution in [3.63, 3.8) is 0 Å². The summed E-state index contributed by atoms with van der Waals surface area (Å²) in [5.74, 6) is 1.46. The molecule has 0 radical (unpaired) electrons. The Morgan fingerprint density at radius 1 is 1.23 bits per heavy atom. The van der Waals surface area contributed by atoms with E-state index in [1.807, 2.05) is 19.1 Å². The maximum absolute atomic E-state index is 12.3. The molecule has 3 aromatic rings. The van der Waals surface area contributed by atoms with Crippen LogP contribution in [0.3, 0.4) is 0 Å². The van der Waals surface area contributed by atoms with Gasteiger partial charge in [-0.25, -0.2) is 0 Å². The Balaban J connectivity index is 1.78. The maximum Gasteiger partial charge on any atom is 0.257 e. The Labute approximate surface area is 159 Å². The Kier molecular flexibility index (Phi) is 5.70. The van der Waals surface area contributed by atoms with Crippen LogP contribution < -0.4 is 14.8 Å². The molecule has 0 saturated heterocycles. The molecule has 8 heteroatoms. The van der Waals surface area contributed by atoms with Crippen molar-refractivity contribution in [3.05, 3.63) is 53.1 Å². The van der Waals surface area contributed by atoms with Crippen molar-refractivity contribution in [1.82, 2.24) is 9.36 Å². The highest BCUT2D eigenvalue weighted by molar-refractivity contribution is 7.10. The molecule has 0 bridgehead atoms. The van der Waals surface area contributed by atoms with Gasteiger partial charge in [-0.15, -0.1) is 0 Å². The number of nitrogens with one attached hydrogen (secondary N) is 1. The van der Waals surface area contributed by atoms with Gasteiger partial charge in [-0.3, -0.25) is 10.1 Å². The normalized spacial score (nSPS) is 10.4. The second-order valence-corrected chi connectivity index (χ2v) is 6.37. The molecule has 0 spiro atoms. The first-order valence-electron chi connectivity index (χ1n) is 7.82. The SMILES string of the molecule is CCOc1ccc(-c2nsc(NC(=O)c3cccc(Cl)c3)n2)cc1OC. The zero-order valence-corrected chi connectivity index (χ0v) is 15.7. The van der Waals surface area contributed by atoms with Gasteiger partial charge in [-0.1, -0.05) is 17.7 Å². The van der Waals surface area contributed by atoms with Gasteiger partial charge in [0.05, 0.1) is 13.7 Å². The third-order valence-electron chi connectivity index (χ3n) is 3.45. The van der Waals surface area contributed by atoms with E-state index in [1.54, 1.807) is 37.4 Å². The molecular formula is C18H16ClN3O3S. The molecule has 0 fully saturated rings. The van der Waals surface area contributed by atoms with Gasteiger partial charge < -0.3 is 9.47 Å². The number of hydrogen-bond acceptors (Lipinski definition) is 6. The summed E-state index contributed by atoms with van der Waals surface area (Å²) in [6.45, 7) is 2.45. The number of amides is 1. The smallest absolute Gasteiger partial charge is 0.257 e. The third kappa shape index (κ3) is 4.12. The van der Waals surface area contributed by atoms with Gasteiger partial charge in [-0.2, -0.15) is 9.36 Å². The number of rotatable bonds is 6. The van der Waals surface area contributed by atoms with Crippen molar-refractivity contribution in [2.75, 3.05) is 19.0 Å². The molecule has 1 aromatic heterocycles. The lowest BCUT2D eigenvalue weighted by Gasteiger charge is -2.09. The van der Waals surface area contributed by atoms with Crippen molar-refractivity contribution in [1.29, 1.82) is 0 Å². The van der Waals surface area contributed by atoms with Crippen LogP contribution in [0.4, 0.5) is 5.13 Å². The van der Waals surface area contributed by atoms with Crippen LogP contribution in [0.1, 0.15) is 17.3 Å². The average Bonchev–Trinajstić information content (AvgIpc) is 3.10. The van der Waals surface area contributed by atoms with E-state index in [0.29, 0.717) is 39.6 Å². The van der Waals surface area contributed by atoms with Crippen molar-refractivity contribution in [3.8, 4) is 22.9 Å². The molecular weight excluding hydrogens is 374 g/mol. The minimum Gasteiger partial charge on any atom is -0.493 e. The molecule has 0 saturated carbocycles. The minimum absolute atomic E-state index is 0.292. The molecule has 1 N–H and O–H groups in total. The third-order valence-corrected chi connectivity index (χ3v) is 4.32. The first-order chi connectivity index (χ1) is 12.6. The second-order valence-electron chi connectivity index (χ2n) is 5.19. The summed E-state index contributed by atoms with van der Waals surface area (Å²) in [5.41, 5.74) is 1.22. The van der Waals surface area contributed by atoms with Gasteiger partial charge in [0.1, 0.15) is 0 Å². The van der Waals surface area contributed by atoms with E-state index in [4.69, 9.17) is 21.1 Å². The second kappa shape index (κ2) is 8.16. The van der Waals surface area contributed by atoms with E-state index in [9.17, 15) is 4.79 Å². The van der Waals surface area contributed by atoms with Crippen LogP contribution in [-0.2, 0) is 0 Å². The van der Waals surface area contributed by atoms with Gasteiger partial charge in [0.25, 0.3) is 5.91 Å². The predicted octanol–water partition coefficient (Wildman–Crippen LogP) is 4.52. The number of aromatic nitrogens is 2. The van der Waals surface area contributed by atoms with Crippen LogP contribution in [0.2, 0.25) is 5.02 Å². The molecule has 0 aliphatic rings. The van der Waals surface area contributed by atoms with Gasteiger partial charge >= 0.3 is 0 Å². The number of hydrogen-bond donors (Lipinski definition) is 1. The molecule has 6 nitrogen and oxygen atoms in total. The van der Waals surface area contributed by atoms with Gasteiger partial charge in [0.2, 0.25) is 5.13 Å². The van der Waals surface area contributed by atoms with E-state index >= 15 is 0 Å². The van der Waals surface area contributed by atoms with Crippen molar-refractivity contribution in [2.45, 2.75) is 6.92 Å². The number of anilines is 1. The molecule has 1 heterocycles. The van der Waals surface area contributed by atoms with E-state index in [0.717, 1.165) is 17.1 Å². The van der Waals surface area contributed by atoms with E-state index in [-0.39, 0.29) is 5.91 Å². The Bertz CT molecular complexity index is 930. The fourth-order valence-electron chi connectivity index (χ4n) is 2.27. The quantitative estimate of drug-likeness (QED) is 0.671. The van der Waals surface area contributed by atoms with Crippen LogP contribution >= 0.6 is 23.1 Å². The van der Waals surface area contributed by atoms with E-state index in [1.165, 1.54) is 0 Å². The van der Waals surface area contributed by atoms with Crippen molar-refractivity contribution < 1.29 is 14.3 Å². The maximum atomic E-state index is 12.3. The number of carbonyl (C=O) groups is 1. The summed E-state index contributed by atoms with van der Waals surface area (Å²) in [6.07, 6.45) is 0. The van der Waals surface area contributed by atoms with Crippen LogP contribution in [0.15, 0.2) is 42.5 Å².